The average Bonchev–Trinajstić information content (AvgIpc) is 3.37. The summed E-state index contributed by atoms with van der Waals surface area (Å²) in [6.45, 7) is 4.18. The van der Waals surface area contributed by atoms with Crippen molar-refractivity contribution < 1.29 is 19.0 Å². The van der Waals surface area contributed by atoms with Crippen LogP contribution in [-0.4, -0.2) is 83.7 Å². The van der Waals surface area contributed by atoms with Crippen molar-refractivity contribution >= 4 is 11.7 Å². The molecule has 3 aromatic rings. The van der Waals surface area contributed by atoms with Gasteiger partial charge in [-0.25, -0.2) is 14.6 Å². The van der Waals surface area contributed by atoms with Crippen molar-refractivity contribution in [2.24, 2.45) is 0 Å². The lowest BCUT2D eigenvalue weighted by molar-refractivity contribution is -0.122. The van der Waals surface area contributed by atoms with E-state index in [1.54, 1.807) is 24.3 Å². The molecule has 0 radical (unpaired) electrons. The van der Waals surface area contributed by atoms with Crippen LogP contribution in [0.2, 0.25) is 0 Å². The van der Waals surface area contributed by atoms with E-state index >= 15 is 0 Å². The molecule has 2 aliphatic heterocycles. The number of piperazine rings is 1. The Bertz CT molecular complexity index is 1290. The lowest BCUT2D eigenvalue weighted by Gasteiger charge is -2.33. The number of rotatable bonds is 8. The fourth-order valence-electron chi connectivity index (χ4n) is 3.93. The van der Waals surface area contributed by atoms with Crippen molar-refractivity contribution in [3.05, 3.63) is 53.1 Å². The molecule has 0 saturated carbocycles. The standard InChI is InChI=1S/C24H27N7O5/c1-29-7-9-30(10-8-29)21-13-23(27-15-26-21)34-11-6-25-22(32)14-31-24(33)5-3-18(28-31)17-2-4-19-20(12-17)36-16-35-19/h2-5,12-13,15H,6-11,14,16H2,1H3,(H,25,32). The van der Waals surface area contributed by atoms with Crippen molar-refractivity contribution in [3.8, 4) is 28.6 Å². The van der Waals surface area contributed by atoms with E-state index in [2.05, 4.69) is 37.2 Å². The normalized spacial score (nSPS) is 15.1. The molecule has 0 atom stereocenters. The molecule has 1 amide bonds. The Morgan fingerprint density at radius 1 is 1.06 bits per heavy atom. The molecule has 36 heavy (non-hydrogen) atoms. The topological polar surface area (TPSA) is 124 Å². The van der Waals surface area contributed by atoms with Crippen LogP contribution in [0.25, 0.3) is 11.3 Å². The second-order valence-corrected chi connectivity index (χ2v) is 8.49. The second kappa shape index (κ2) is 10.6. The number of aromatic nitrogens is 4. The predicted octanol–water partition coefficient (Wildman–Crippen LogP) is 0.376. The zero-order valence-corrected chi connectivity index (χ0v) is 19.9. The number of hydrogen-bond donors (Lipinski definition) is 1. The van der Waals surface area contributed by atoms with Gasteiger partial charge in [0.2, 0.25) is 18.6 Å². The van der Waals surface area contributed by atoms with E-state index in [4.69, 9.17) is 14.2 Å². The number of nitrogens with zero attached hydrogens (tertiary/aromatic N) is 6. The first-order valence-electron chi connectivity index (χ1n) is 11.7. The van der Waals surface area contributed by atoms with E-state index in [0.29, 0.717) is 23.1 Å². The van der Waals surface area contributed by atoms with Crippen molar-refractivity contribution in [2.75, 3.05) is 58.1 Å². The summed E-state index contributed by atoms with van der Waals surface area (Å²) < 4.78 is 17.5. The van der Waals surface area contributed by atoms with E-state index < -0.39 is 0 Å². The smallest absolute Gasteiger partial charge is 0.267 e. The molecule has 1 N–H and O–H groups in total. The maximum Gasteiger partial charge on any atom is 0.267 e. The van der Waals surface area contributed by atoms with Crippen LogP contribution in [0.5, 0.6) is 17.4 Å². The summed E-state index contributed by atoms with van der Waals surface area (Å²) in [4.78, 5) is 37.6. The van der Waals surface area contributed by atoms with E-state index in [1.807, 2.05) is 6.07 Å². The van der Waals surface area contributed by atoms with Crippen LogP contribution in [0.4, 0.5) is 5.82 Å². The van der Waals surface area contributed by atoms with Gasteiger partial charge in [-0.1, -0.05) is 0 Å². The highest BCUT2D eigenvalue weighted by Crippen LogP contribution is 2.35. The lowest BCUT2D eigenvalue weighted by Crippen LogP contribution is -2.44. The molecule has 5 rings (SSSR count). The first kappa shape index (κ1) is 23.5. The molecule has 0 bridgehead atoms. The number of amides is 1. The van der Waals surface area contributed by atoms with E-state index in [-0.39, 0.29) is 38.0 Å². The minimum atomic E-state index is -0.372. The van der Waals surface area contributed by atoms with Gasteiger partial charge in [0.25, 0.3) is 5.56 Å². The monoisotopic (exact) mass is 493 g/mol. The number of carbonyl (C=O) groups is 1. The summed E-state index contributed by atoms with van der Waals surface area (Å²) in [6.07, 6.45) is 1.48. The van der Waals surface area contributed by atoms with Crippen molar-refractivity contribution in [1.82, 2.24) is 30.0 Å². The van der Waals surface area contributed by atoms with Gasteiger partial charge in [-0.3, -0.25) is 9.59 Å². The molecule has 0 unspecified atom stereocenters. The molecular weight excluding hydrogens is 466 g/mol. The molecule has 0 aliphatic carbocycles. The second-order valence-electron chi connectivity index (χ2n) is 8.49. The Morgan fingerprint density at radius 2 is 1.89 bits per heavy atom. The molecular formula is C24H27N7O5. The van der Waals surface area contributed by atoms with Gasteiger partial charge in [-0.05, 0) is 31.3 Å². The van der Waals surface area contributed by atoms with Gasteiger partial charge in [-0.15, -0.1) is 0 Å². The Morgan fingerprint density at radius 3 is 2.75 bits per heavy atom. The van der Waals surface area contributed by atoms with Crippen LogP contribution < -0.4 is 30.0 Å². The van der Waals surface area contributed by atoms with Gasteiger partial charge in [0.1, 0.15) is 25.3 Å². The predicted molar refractivity (Wildman–Crippen MR) is 130 cm³/mol. The quantitative estimate of drug-likeness (QED) is 0.440. The number of hydrogen-bond acceptors (Lipinski definition) is 10. The van der Waals surface area contributed by atoms with Gasteiger partial charge < -0.3 is 29.3 Å². The SMILES string of the molecule is CN1CCN(c2cc(OCCNC(=O)Cn3nc(-c4ccc5c(c4)OCO5)ccc3=O)ncn2)CC1. The summed E-state index contributed by atoms with van der Waals surface area (Å²) >= 11 is 0. The minimum absolute atomic E-state index is 0.171. The van der Waals surface area contributed by atoms with E-state index in [9.17, 15) is 9.59 Å². The third-order valence-electron chi connectivity index (χ3n) is 5.96. The zero-order chi connectivity index (χ0) is 24.9. The molecule has 4 heterocycles. The van der Waals surface area contributed by atoms with Gasteiger partial charge in [0, 0.05) is 43.9 Å². The fourth-order valence-corrected chi connectivity index (χ4v) is 3.93. The van der Waals surface area contributed by atoms with Crippen LogP contribution in [0.1, 0.15) is 0 Å². The highest BCUT2D eigenvalue weighted by molar-refractivity contribution is 5.75. The molecule has 1 fully saturated rings. The Hall–Kier alpha value is -4.19. The van der Waals surface area contributed by atoms with Crippen LogP contribution in [0, 0.1) is 0 Å². The first-order valence-corrected chi connectivity index (χ1v) is 11.7. The van der Waals surface area contributed by atoms with Crippen molar-refractivity contribution in [1.29, 1.82) is 0 Å². The minimum Gasteiger partial charge on any atom is -0.476 e. The molecule has 12 nitrogen and oxygen atoms in total. The summed E-state index contributed by atoms with van der Waals surface area (Å²) in [5, 5.41) is 7.08. The number of fused-ring (bicyclic) bond motifs is 1. The third-order valence-corrected chi connectivity index (χ3v) is 5.96. The van der Waals surface area contributed by atoms with Crippen LogP contribution in [0.3, 0.4) is 0 Å². The maximum absolute atomic E-state index is 12.4. The van der Waals surface area contributed by atoms with E-state index in [0.717, 1.165) is 42.2 Å². The molecule has 1 aromatic carbocycles. The molecule has 2 aromatic heterocycles. The zero-order valence-electron chi connectivity index (χ0n) is 19.9. The Balaban J connectivity index is 1.12. The fraction of sp³-hybridized carbons (Fsp3) is 0.375. The number of likely N-dealkylation sites (N-methyl/N-ethyl adjacent to an activating group) is 1. The first-order chi connectivity index (χ1) is 17.5. The largest absolute Gasteiger partial charge is 0.476 e. The van der Waals surface area contributed by atoms with Crippen LogP contribution in [0.15, 0.2) is 47.5 Å². The van der Waals surface area contributed by atoms with Gasteiger partial charge in [0.05, 0.1) is 12.2 Å². The lowest BCUT2D eigenvalue weighted by atomic mass is 10.1. The van der Waals surface area contributed by atoms with Crippen LogP contribution >= 0.6 is 0 Å². The van der Waals surface area contributed by atoms with Gasteiger partial charge in [-0.2, -0.15) is 5.10 Å². The van der Waals surface area contributed by atoms with Gasteiger partial charge in [0.15, 0.2) is 11.5 Å². The van der Waals surface area contributed by atoms with E-state index in [1.165, 1.54) is 12.4 Å². The highest BCUT2D eigenvalue weighted by Gasteiger charge is 2.17. The average molecular weight is 494 g/mol. The number of ether oxygens (including phenoxy) is 3. The van der Waals surface area contributed by atoms with Crippen LogP contribution in [-0.2, 0) is 11.3 Å². The van der Waals surface area contributed by atoms with Gasteiger partial charge >= 0.3 is 0 Å². The summed E-state index contributed by atoms with van der Waals surface area (Å²) in [7, 11) is 2.10. The highest BCUT2D eigenvalue weighted by atomic mass is 16.7. The Kier molecular flexibility index (Phi) is 6.94. The molecule has 2 aliphatic rings. The number of benzene rings is 1. The molecule has 188 valence electrons. The van der Waals surface area contributed by atoms with Crippen molar-refractivity contribution in [2.45, 2.75) is 6.54 Å². The summed E-state index contributed by atoms with van der Waals surface area (Å²) in [6, 6.07) is 10.2. The Labute approximate surface area is 207 Å². The molecule has 12 heteroatoms. The number of nitrogens with one attached hydrogen (secondary N) is 1. The van der Waals surface area contributed by atoms with Crippen molar-refractivity contribution in [3.63, 3.8) is 0 Å². The number of anilines is 1. The molecule has 0 spiro atoms. The number of carbonyl (C=O) groups excluding carboxylic acids is 1. The summed E-state index contributed by atoms with van der Waals surface area (Å²) in [5.41, 5.74) is 0.926. The third kappa shape index (κ3) is 5.54. The summed E-state index contributed by atoms with van der Waals surface area (Å²) in [5.74, 6) is 2.19. The maximum atomic E-state index is 12.4. The molecule has 1 saturated heterocycles.